The molecule has 0 spiro atoms. The number of hydrogen-bond donors (Lipinski definition) is 0. The van der Waals surface area contributed by atoms with Gasteiger partial charge in [0, 0.05) is 13.0 Å². The second-order valence-electron chi connectivity index (χ2n) is 1.69. The lowest BCUT2D eigenvalue weighted by molar-refractivity contribution is -0.331. The van der Waals surface area contributed by atoms with Gasteiger partial charge in [0.1, 0.15) is 0 Å². The van der Waals surface area contributed by atoms with Gasteiger partial charge in [-0.3, -0.25) is 4.79 Å². The van der Waals surface area contributed by atoms with E-state index in [-0.39, 0.29) is 11.8 Å². The first kappa shape index (κ1) is 5.15. The predicted octanol–water partition coefficient (Wildman–Crippen LogP) is -0.950. The molecule has 0 atom stereocenters. The van der Waals surface area contributed by atoms with Gasteiger partial charge in [-0.15, -0.1) is 0 Å². The van der Waals surface area contributed by atoms with Crippen LogP contribution in [0.25, 0.3) is 0 Å². The number of likely N-dealkylation sites (tertiary alicyclic amines) is 1. The van der Waals surface area contributed by atoms with E-state index in [1.807, 2.05) is 0 Å². The number of hydrogen-bond acceptors (Lipinski definition) is 2. The van der Waals surface area contributed by atoms with E-state index in [1.165, 1.54) is 0 Å². The number of carbonyl (C=O) groups excluding carboxylic acids is 1. The highest BCUT2D eigenvalue weighted by Gasteiger charge is 2.21. The Morgan fingerprint density at radius 2 is 2.50 bits per heavy atom. The number of nitrogens with zero attached hydrogens (tertiary/aromatic N) is 1. The summed E-state index contributed by atoms with van der Waals surface area (Å²) in [7, 11) is 0. The molecule has 1 rings (SSSR count). The Labute approximate surface area is 47.2 Å². The molecule has 0 unspecified atom stereocenters. The normalized spacial score (nSPS) is 18.0. The van der Waals surface area contributed by atoms with Gasteiger partial charge in [0.05, 0.1) is 0 Å². The zero-order valence-electron chi connectivity index (χ0n) is 4.39. The van der Waals surface area contributed by atoms with Gasteiger partial charge in [0.2, 0.25) is 5.91 Å². The molecule has 0 aromatic rings. The summed E-state index contributed by atoms with van der Waals surface area (Å²) >= 11 is 0. The summed E-state index contributed by atoms with van der Waals surface area (Å²) in [5, 5.41) is 10.2. The number of carbonyl (C=O) groups is 1. The quantitative estimate of drug-likeness (QED) is 0.324. The maximum atomic E-state index is 10.3. The van der Waals surface area contributed by atoms with Crippen LogP contribution in [0, 0.1) is 0 Å². The summed E-state index contributed by atoms with van der Waals surface area (Å²) in [4.78, 5) is 11.5. The summed E-state index contributed by atoms with van der Waals surface area (Å²) in [6.07, 6.45) is 0.501. The molecule has 0 radical (unpaired) electrons. The van der Waals surface area contributed by atoms with E-state index in [0.717, 1.165) is 4.90 Å². The molecular formula is C5H6NO2-. The lowest BCUT2D eigenvalue weighted by Crippen LogP contribution is -2.45. The van der Waals surface area contributed by atoms with E-state index >= 15 is 0 Å². The molecule has 1 fully saturated rings. The molecular weight excluding hydrogens is 106 g/mol. The molecule has 1 aliphatic rings. The molecule has 0 aromatic carbocycles. The first-order valence-corrected chi connectivity index (χ1v) is 2.38. The molecule has 0 N–H and O–H groups in total. The molecule has 8 heavy (non-hydrogen) atoms. The summed E-state index contributed by atoms with van der Waals surface area (Å²) in [6, 6.07) is 0. The van der Waals surface area contributed by atoms with Gasteiger partial charge in [-0.2, -0.15) is 0 Å². The molecule has 1 heterocycles. The van der Waals surface area contributed by atoms with Gasteiger partial charge >= 0.3 is 0 Å². The van der Waals surface area contributed by atoms with Crippen molar-refractivity contribution < 1.29 is 9.90 Å². The van der Waals surface area contributed by atoms with Gasteiger partial charge in [-0.05, 0) is 5.88 Å². The van der Waals surface area contributed by atoms with Crippen LogP contribution in [0.4, 0.5) is 0 Å². The fourth-order valence-electron chi connectivity index (χ4n) is 0.579. The Morgan fingerprint density at radius 1 is 1.88 bits per heavy atom. The van der Waals surface area contributed by atoms with Crippen LogP contribution in [0.5, 0.6) is 0 Å². The third-order valence-electron chi connectivity index (χ3n) is 1.15. The highest BCUT2D eigenvalue weighted by Crippen LogP contribution is 2.09. The van der Waals surface area contributed by atoms with Crippen molar-refractivity contribution in [3.05, 3.63) is 12.5 Å². The van der Waals surface area contributed by atoms with Crippen LogP contribution in [0.2, 0.25) is 0 Å². The zero-order chi connectivity index (χ0) is 6.15. The van der Waals surface area contributed by atoms with E-state index in [2.05, 4.69) is 6.58 Å². The Kier molecular flexibility index (Phi) is 0.970. The SMILES string of the molecule is C=C([O-])N1CCC1=O. The minimum absolute atomic E-state index is 0.106. The molecule has 0 aromatic heterocycles. The number of rotatable bonds is 1. The second-order valence-corrected chi connectivity index (χ2v) is 1.69. The minimum atomic E-state index is -0.388. The maximum Gasteiger partial charge on any atom is 0.227 e. The minimum Gasteiger partial charge on any atom is -0.860 e. The van der Waals surface area contributed by atoms with Crippen molar-refractivity contribution in [2.45, 2.75) is 6.42 Å². The van der Waals surface area contributed by atoms with Gasteiger partial charge < -0.3 is 10.0 Å². The van der Waals surface area contributed by atoms with Crippen molar-refractivity contribution in [1.82, 2.24) is 4.90 Å². The number of amides is 1. The highest BCUT2D eigenvalue weighted by molar-refractivity contribution is 5.82. The van der Waals surface area contributed by atoms with Gasteiger partial charge in [0.15, 0.2) is 0 Å². The Bertz CT molecular complexity index is 133. The van der Waals surface area contributed by atoms with Crippen molar-refractivity contribution in [2.75, 3.05) is 6.54 Å². The molecule has 0 saturated carbocycles. The second kappa shape index (κ2) is 1.51. The largest absolute Gasteiger partial charge is 0.860 e. The van der Waals surface area contributed by atoms with Crippen LogP contribution in [-0.4, -0.2) is 17.4 Å². The molecule has 3 heteroatoms. The van der Waals surface area contributed by atoms with Crippen molar-refractivity contribution >= 4 is 5.91 Å². The molecule has 1 saturated heterocycles. The molecule has 0 bridgehead atoms. The molecule has 44 valence electrons. The van der Waals surface area contributed by atoms with Crippen molar-refractivity contribution in [3.63, 3.8) is 0 Å². The average molecular weight is 112 g/mol. The zero-order valence-corrected chi connectivity index (χ0v) is 4.39. The third kappa shape index (κ3) is 0.559. The molecule has 1 aliphatic heterocycles. The van der Waals surface area contributed by atoms with Crippen molar-refractivity contribution in [2.24, 2.45) is 0 Å². The van der Waals surface area contributed by atoms with Crippen LogP contribution in [0.15, 0.2) is 12.5 Å². The topological polar surface area (TPSA) is 43.4 Å². The molecule has 3 nitrogen and oxygen atoms in total. The van der Waals surface area contributed by atoms with E-state index in [1.54, 1.807) is 0 Å². The highest BCUT2D eigenvalue weighted by atomic mass is 16.3. The summed E-state index contributed by atoms with van der Waals surface area (Å²) in [5.74, 6) is -0.494. The Morgan fingerprint density at radius 3 is 2.50 bits per heavy atom. The van der Waals surface area contributed by atoms with Gasteiger partial charge in [-0.25, -0.2) is 0 Å². The van der Waals surface area contributed by atoms with Crippen LogP contribution in [0.1, 0.15) is 6.42 Å². The van der Waals surface area contributed by atoms with E-state index in [4.69, 9.17) is 0 Å². The van der Waals surface area contributed by atoms with E-state index < -0.39 is 0 Å². The van der Waals surface area contributed by atoms with Gasteiger partial charge in [0.25, 0.3) is 0 Å². The predicted molar refractivity (Wildman–Crippen MR) is 25.5 cm³/mol. The molecule has 0 aliphatic carbocycles. The first-order chi connectivity index (χ1) is 3.72. The monoisotopic (exact) mass is 112 g/mol. The Balaban J connectivity index is 2.49. The van der Waals surface area contributed by atoms with Crippen LogP contribution in [0.3, 0.4) is 0 Å². The summed E-state index contributed by atoms with van der Waals surface area (Å²) < 4.78 is 0. The van der Waals surface area contributed by atoms with Crippen LogP contribution in [-0.2, 0) is 4.79 Å². The third-order valence-corrected chi connectivity index (χ3v) is 1.15. The van der Waals surface area contributed by atoms with Crippen LogP contribution < -0.4 is 5.11 Å². The first-order valence-electron chi connectivity index (χ1n) is 2.38. The van der Waals surface area contributed by atoms with Crippen molar-refractivity contribution in [1.29, 1.82) is 0 Å². The lowest BCUT2D eigenvalue weighted by Gasteiger charge is -2.35. The summed E-state index contributed by atoms with van der Waals surface area (Å²) in [6.45, 7) is 3.63. The lowest BCUT2D eigenvalue weighted by atomic mass is 10.2. The standard InChI is InChI=1S/C5H7NO2/c1-4(7)6-3-2-5(6)8/h7H,1-3H2/p-1. The smallest absolute Gasteiger partial charge is 0.227 e. The van der Waals surface area contributed by atoms with Gasteiger partial charge in [-0.1, -0.05) is 6.58 Å². The van der Waals surface area contributed by atoms with Crippen LogP contribution >= 0.6 is 0 Å². The fraction of sp³-hybridized carbons (Fsp3) is 0.400. The van der Waals surface area contributed by atoms with Crippen molar-refractivity contribution in [3.8, 4) is 0 Å². The van der Waals surface area contributed by atoms with E-state index in [0.29, 0.717) is 13.0 Å². The number of β-lactam (4-membered cyclic amide) rings is 1. The molecule has 1 amide bonds. The van der Waals surface area contributed by atoms with E-state index in [9.17, 15) is 9.90 Å². The fourth-order valence-corrected chi connectivity index (χ4v) is 0.579. The Hall–Kier alpha value is -0.990. The maximum absolute atomic E-state index is 10.3. The average Bonchev–Trinajstić information content (AvgIpc) is 1.61. The summed E-state index contributed by atoms with van der Waals surface area (Å²) in [5.41, 5.74) is 0.